The molecule has 0 fully saturated rings. The number of carbonyl (C=O) groups is 1. The molecule has 0 amide bonds. The van der Waals surface area contributed by atoms with Gasteiger partial charge in [-0.3, -0.25) is 4.79 Å². The van der Waals surface area contributed by atoms with Crippen LogP contribution in [0.25, 0.3) is 11.0 Å². The van der Waals surface area contributed by atoms with Gasteiger partial charge in [0.1, 0.15) is 16.9 Å². The Balaban J connectivity index is 2.04. The van der Waals surface area contributed by atoms with Crippen molar-refractivity contribution in [1.29, 1.82) is 0 Å². The van der Waals surface area contributed by atoms with Crippen molar-refractivity contribution in [2.45, 2.75) is 19.3 Å². The number of esters is 1. The van der Waals surface area contributed by atoms with Crippen molar-refractivity contribution < 1.29 is 18.3 Å². The minimum atomic E-state index is -0.537. The molecular weight excluding hydrogens is 292 g/mol. The van der Waals surface area contributed by atoms with E-state index in [0.717, 1.165) is 0 Å². The van der Waals surface area contributed by atoms with Crippen molar-refractivity contribution in [1.82, 2.24) is 15.3 Å². The standard InChI is InChI=1S/C15H17F2N3O2/c1-18-4-3-10-19-13-11(16)8-5-7(15(21)22-2)6-9(8)12(17)14(13)20-10/h7,18H,3-6H2,1-2H3,(H,19,20). The third kappa shape index (κ3) is 2.25. The molecule has 0 aliphatic heterocycles. The van der Waals surface area contributed by atoms with Crippen LogP contribution in [0.15, 0.2) is 0 Å². The molecule has 0 bridgehead atoms. The summed E-state index contributed by atoms with van der Waals surface area (Å²) in [5.41, 5.74) is 0.581. The molecule has 1 aliphatic rings. The summed E-state index contributed by atoms with van der Waals surface area (Å²) in [5, 5.41) is 2.96. The molecule has 1 aromatic heterocycles. The Labute approximate surface area is 126 Å². The molecule has 0 saturated heterocycles. The highest BCUT2D eigenvalue weighted by atomic mass is 19.1. The van der Waals surface area contributed by atoms with Gasteiger partial charge in [0.2, 0.25) is 0 Å². The molecule has 7 heteroatoms. The van der Waals surface area contributed by atoms with Gasteiger partial charge in [0.25, 0.3) is 0 Å². The van der Waals surface area contributed by atoms with Crippen molar-refractivity contribution in [2.75, 3.05) is 20.7 Å². The number of rotatable bonds is 4. The Morgan fingerprint density at radius 2 is 2.05 bits per heavy atom. The van der Waals surface area contributed by atoms with Gasteiger partial charge < -0.3 is 15.0 Å². The maximum Gasteiger partial charge on any atom is 0.309 e. The number of benzene rings is 1. The number of carbonyl (C=O) groups excluding carboxylic acids is 1. The molecule has 3 rings (SSSR count). The molecule has 1 unspecified atom stereocenters. The van der Waals surface area contributed by atoms with Crippen LogP contribution in [0.5, 0.6) is 0 Å². The largest absolute Gasteiger partial charge is 0.469 e. The number of halogens is 2. The van der Waals surface area contributed by atoms with Gasteiger partial charge in [0.15, 0.2) is 11.6 Å². The van der Waals surface area contributed by atoms with E-state index in [1.165, 1.54) is 7.11 Å². The number of H-pyrrole nitrogens is 1. The van der Waals surface area contributed by atoms with Gasteiger partial charge in [-0.15, -0.1) is 0 Å². The minimum Gasteiger partial charge on any atom is -0.469 e. The zero-order chi connectivity index (χ0) is 15.9. The van der Waals surface area contributed by atoms with Crippen molar-refractivity contribution in [3.8, 4) is 0 Å². The number of methoxy groups -OCH3 is 1. The van der Waals surface area contributed by atoms with E-state index in [1.54, 1.807) is 7.05 Å². The highest BCUT2D eigenvalue weighted by molar-refractivity contribution is 5.81. The number of aromatic nitrogens is 2. The molecule has 2 aromatic rings. The van der Waals surface area contributed by atoms with Crippen LogP contribution in [-0.2, 0) is 28.8 Å². The molecular formula is C15H17F2N3O2. The first-order valence-electron chi connectivity index (χ1n) is 7.16. The van der Waals surface area contributed by atoms with Gasteiger partial charge in [-0.25, -0.2) is 13.8 Å². The number of ether oxygens (including phenoxy) is 1. The SMILES string of the molecule is CNCCc1nc2c(F)c3c(c(F)c2[nH]1)CC(C(=O)OC)C3. The van der Waals surface area contributed by atoms with Crippen LogP contribution >= 0.6 is 0 Å². The van der Waals surface area contributed by atoms with E-state index in [9.17, 15) is 13.6 Å². The van der Waals surface area contributed by atoms with Crippen LogP contribution in [0.2, 0.25) is 0 Å². The van der Waals surface area contributed by atoms with Gasteiger partial charge in [-0.2, -0.15) is 0 Å². The highest BCUT2D eigenvalue weighted by Gasteiger charge is 2.35. The molecule has 2 N–H and O–H groups in total. The molecule has 5 nitrogen and oxygen atoms in total. The van der Waals surface area contributed by atoms with Crippen molar-refractivity contribution in [3.63, 3.8) is 0 Å². The predicted octanol–water partition coefficient (Wildman–Crippen LogP) is 1.49. The number of aromatic amines is 1. The van der Waals surface area contributed by atoms with Crippen LogP contribution in [0.4, 0.5) is 8.78 Å². The summed E-state index contributed by atoms with van der Waals surface area (Å²) in [4.78, 5) is 18.6. The maximum atomic E-state index is 14.6. The summed E-state index contributed by atoms with van der Waals surface area (Å²) in [6.07, 6.45) is 0.866. The lowest BCUT2D eigenvalue weighted by Gasteiger charge is -2.04. The first kappa shape index (κ1) is 14.9. The molecule has 0 spiro atoms. The van der Waals surface area contributed by atoms with Crippen LogP contribution < -0.4 is 5.32 Å². The summed E-state index contributed by atoms with van der Waals surface area (Å²) in [6, 6.07) is 0. The lowest BCUT2D eigenvalue weighted by Crippen LogP contribution is -2.16. The van der Waals surface area contributed by atoms with Crippen LogP contribution in [-0.4, -0.2) is 36.6 Å². The van der Waals surface area contributed by atoms with Gasteiger partial charge in [-0.05, 0) is 31.0 Å². The fraction of sp³-hybridized carbons (Fsp3) is 0.467. The smallest absolute Gasteiger partial charge is 0.309 e. The third-order valence-corrected chi connectivity index (χ3v) is 4.12. The Morgan fingerprint density at radius 1 is 1.36 bits per heavy atom. The highest BCUT2D eigenvalue weighted by Crippen LogP contribution is 2.36. The number of nitrogens with zero attached hydrogens (tertiary/aromatic N) is 1. The van der Waals surface area contributed by atoms with E-state index in [2.05, 4.69) is 20.0 Å². The Hall–Kier alpha value is -2.02. The lowest BCUT2D eigenvalue weighted by atomic mass is 10.1. The Morgan fingerprint density at radius 3 is 2.68 bits per heavy atom. The van der Waals surface area contributed by atoms with Crippen molar-refractivity contribution >= 4 is 17.0 Å². The van der Waals surface area contributed by atoms with Crippen molar-refractivity contribution in [3.05, 3.63) is 28.6 Å². The van der Waals surface area contributed by atoms with Gasteiger partial charge in [0, 0.05) is 13.0 Å². The van der Waals surface area contributed by atoms with E-state index >= 15 is 0 Å². The zero-order valence-electron chi connectivity index (χ0n) is 12.4. The van der Waals surface area contributed by atoms with Crippen LogP contribution in [0, 0.1) is 17.6 Å². The van der Waals surface area contributed by atoms with Crippen LogP contribution in [0.1, 0.15) is 17.0 Å². The van der Waals surface area contributed by atoms with Crippen LogP contribution in [0.3, 0.4) is 0 Å². The molecule has 1 aromatic carbocycles. The van der Waals surface area contributed by atoms with Gasteiger partial charge in [-0.1, -0.05) is 0 Å². The molecule has 0 saturated carbocycles. The summed E-state index contributed by atoms with van der Waals surface area (Å²) in [6.45, 7) is 0.660. The van der Waals surface area contributed by atoms with Gasteiger partial charge >= 0.3 is 5.97 Å². The average Bonchev–Trinajstić information content (AvgIpc) is 3.14. The molecule has 1 aliphatic carbocycles. The zero-order valence-corrected chi connectivity index (χ0v) is 12.4. The number of fused-ring (bicyclic) bond motifs is 2. The van der Waals surface area contributed by atoms with E-state index in [0.29, 0.717) is 18.8 Å². The lowest BCUT2D eigenvalue weighted by molar-refractivity contribution is -0.145. The number of nitrogens with one attached hydrogen (secondary N) is 2. The summed E-state index contributed by atoms with van der Waals surface area (Å²) in [5.74, 6) is -1.48. The van der Waals surface area contributed by atoms with Crippen molar-refractivity contribution in [2.24, 2.45) is 5.92 Å². The number of imidazole rings is 1. The monoisotopic (exact) mass is 309 g/mol. The molecule has 118 valence electrons. The number of hydrogen-bond acceptors (Lipinski definition) is 4. The van der Waals surface area contributed by atoms with Gasteiger partial charge in [0.05, 0.1) is 13.0 Å². The van der Waals surface area contributed by atoms with E-state index in [4.69, 9.17) is 0 Å². The second kappa shape index (κ2) is 5.64. The fourth-order valence-corrected chi connectivity index (χ4v) is 2.98. The van der Waals surface area contributed by atoms with E-state index < -0.39 is 23.5 Å². The number of likely N-dealkylation sites (N-methyl/N-ethyl adjacent to an activating group) is 1. The molecule has 1 heterocycles. The summed E-state index contributed by atoms with van der Waals surface area (Å²) < 4.78 is 33.9. The summed E-state index contributed by atoms with van der Waals surface area (Å²) in [7, 11) is 3.07. The topological polar surface area (TPSA) is 67.0 Å². The summed E-state index contributed by atoms with van der Waals surface area (Å²) >= 11 is 0. The first-order valence-corrected chi connectivity index (χ1v) is 7.16. The van der Waals surface area contributed by atoms with E-state index in [1.807, 2.05) is 0 Å². The quantitative estimate of drug-likeness (QED) is 0.840. The second-order valence-corrected chi connectivity index (χ2v) is 5.47. The minimum absolute atomic E-state index is 0.00729. The molecule has 22 heavy (non-hydrogen) atoms. The number of hydrogen-bond donors (Lipinski definition) is 2. The fourth-order valence-electron chi connectivity index (χ4n) is 2.98. The predicted molar refractivity (Wildman–Crippen MR) is 76.6 cm³/mol. The normalized spacial score (nSPS) is 14.5. The molecule has 0 radical (unpaired) electrons. The molecule has 1 atom stereocenters. The second-order valence-electron chi connectivity index (χ2n) is 5.47. The van der Waals surface area contributed by atoms with E-state index in [-0.39, 0.29) is 35.0 Å². The Kier molecular flexibility index (Phi) is 3.82. The Bertz CT molecular complexity index is 693. The average molecular weight is 309 g/mol. The maximum absolute atomic E-state index is 14.6. The first-order chi connectivity index (χ1) is 10.6. The third-order valence-electron chi connectivity index (χ3n) is 4.12.